The summed E-state index contributed by atoms with van der Waals surface area (Å²) >= 11 is 0. The van der Waals surface area contributed by atoms with E-state index < -0.39 is 17.9 Å². The predicted octanol–water partition coefficient (Wildman–Crippen LogP) is 6.83. The van der Waals surface area contributed by atoms with Crippen molar-refractivity contribution in [3.63, 3.8) is 0 Å². The lowest BCUT2D eigenvalue weighted by Gasteiger charge is -2.38. The third-order valence-corrected chi connectivity index (χ3v) is 7.47. The van der Waals surface area contributed by atoms with E-state index in [0.29, 0.717) is 45.2 Å². The first kappa shape index (κ1) is 29.4. The highest BCUT2D eigenvalue weighted by Gasteiger charge is 2.43. The van der Waals surface area contributed by atoms with E-state index in [-0.39, 0.29) is 13.2 Å². The van der Waals surface area contributed by atoms with E-state index in [0.717, 1.165) is 11.3 Å². The lowest BCUT2D eigenvalue weighted by atomic mass is 9.79. The van der Waals surface area contributed by atoms with Crippen LogP contribution in [-0.4, -0.2) is 42.0 Å². The molecule has 0 N–H and O–H groups in total. The number of anilines is 1. The highest BCUT2D eigenvalue weighted by Crippen LogP contribution is 2.48. The molecule has 0 amide bonds. The Morgan fingerprint density at radius 2 is 1.30 bits per heavy atom. The number of esters is 2. The third-order valence-electron chi connectivity index (χ3n) is 7.47. The first-order valence-electron chi connectivity index (χ1n) is 14.3. The minimum Gasteiger partial charge on any atom is -0.495 e. The monoisotopic (exact) mass is 577 g/mol. The van der Waals surface area contributed by atoms with Gasteiger partial charge in [0.1, 0.15) is 5.75 Å². The Morgan fingerprint density at radius 1 is 0.767 bits per heavy atom. The topological polar surface area (TPSA) is 82.9 Å². The van der Waals surface area contributed by atoms with Crippen LogP contribution in [0.3, 0.4) is 0 Å². The van der Waals surface area contributed by atoms with E-state index in [1.807, 2.05) is 110 Å². The maximum Gasteiger partial charge on any atom is 0.336 e. The molecule has 0 aliphatic carbocycles. The van der Waals surface area contributed by atoms with Crippen LogP contribution in [0.2, 0.25) is 0 Å². The van der Waals surface area contributed by atoms with Gasteiger partial charge >= 0.3 is 11.9 Å². The number of allylic oxidation sites excluding steroid dienone is 2. The van der Waals surface area contributed by atoms with Gasteiger partial charge in [-0.3, -0.25) is 0 Å². The fraction of sp³-hybridized carbons (Fsp3) is 0.229. The second kappa shape index (κ2) is 12.8. The van der Waals surface area contributed by atoms with Crippen molar-refractivity contribution in [2.24, 2.45) is 0 Å². The summed E-state index contributed by atoms with van der Waals surface area (Å²) in [6, 6.07) is 26.9. The summed E-state index contributed by atoms with van der Waals surface area (Å²) in [6.07, 6.45) is 1.89. The van der Waals surface area contributed by atoms with E-state index >= 15 is 0 Å². The molecule has 0 saturated heterocycles. The molecule has 2 heterocycles. The number of carbonyl (C=O) groups excluding carboxylic acids is 2. The number of hydrogen-bond acceptors (Lipinski definition) is 7. The molecule has 1 aliphatic rings. The maximum absolute atomic E-state index is 13.9. The van der Waals surface area contributed by atoms with Crippen molar-refractivity contribution in [1.29, 1.82) is 0 Å². The Hall–Kier alpha value is -5.11. The van der Waals surface area contributed by atoms with Crippen molar-refractivity contribution in [3.05, 3.63) is 119 Å². The van der Waals surface area contributed by atoms with Crippen molar-refractivity contribution < 1.29 is 23.8 Å². The zero-order chi connectivity index (χ0) is 30.5. The lowest BCUT2D eigenvalue weighted by molar-refractivity contribution is -0.139. The first-order chi connectivity index (χ1) is 20.9. The fourth-order valence-electron chi connectivity index (χ4n) is 5.62. The molecule has 220 valence electrons. The summed E-state index contributed by atoms with van der Waals surface area (Å²) in [5.41, 5.74) is 5.58. The number of aromatic nitrogens is 2. The summed E-state index contributed by atoms with van der Waals surface area (Å²) < 4.78 is 18.8. The van der Waals surface area contributed by atoms with Gasteiger partial charge < -0.3 is 19.1 Å². The molecule has 0 unspecified atom stereocenters. The Bertz CT molecular complexity index is 1650. The van der Waals surface area contributed by atoms with Crippen molar-refractivity contribution in [3.8, 4) is 22.7 Å². The van der Waals surface area contributed by atoms with E-state index in [4.69, 9.17) is 19.3 Å². The molecule has 0 radical (unpaired) electrons. The second-order valence-corrected chi connectivity index (χ2v) is 9.96. The average molecular weight is 578 g/mol. The van der Waals surface area contributed by atoms with E-state index in [9.17, 15) is 9.59 Å². The number of benzene rings is 3. The van der Waals surface area contributed by atoms with Gasteiger partial charge in [0.25, 0.3) is 0 Å². The summed E-state index contributed by atoms with van der Waals surface area (Å²) in [5.74, 6) is -1.28. The molecule has 5 rings (SSSR count). The van der Waals surface area contributed by atoms with Gasteiger partial charge in [-0.05, 0) is 52.0 Å². The lowest BCUT2D eigenvalue weighted by Crippen LogP contribution is -2.35. The Kier molecular flexibility index (Phi) is 8.76. The average Bonchev–Trinajstić information content (AvgIpc) is 3.47. The minimum absolute atomic E-state index is 0.170. The third kappa shape index (κ3) is 5.56. The first-order valence-corrected chi connectivity index (χ1v) is 14.3. The van der Waals surface area contributed by atoms with E-state index in [1.165, 1.54) is 0 Å². The van der Waals surface area contributed by atoms with Crippen LogP contribution in [0.5, 0.6) is 5.75 Å². The summed E-state index contributed by atoms with van der Waals surface area (Å²) in [5, 5.41) is 4.99. The standard InChI is InChI=1S/C35H35N3O5/c1-6-42-34(39)30-23(3)38(28-20-14-15-21-29(28)41-5)24(4)31(35(40)43-7-2)32(30)27-22-37(26-18-12-9-13-19-26)36-33(27)25-16-10-8-11-17-25/h8-22,32H,6-7H2,1-5H3. The van der Waals surface area contributed by atoms with Gasteiger partial charge in [-0.2, -0.15) is 5.10 Å². The van der Waals surface area contributed by atoms with Crippen LogP contribution >= 0.6 is 0 Å². The van der Waals surface area contributed by atoms with E-state index in [2.05, 4.69) is 0 Å². The van der Waals surface area contributed by atoms with Crippen LogP contribution in [-0.2, 0) is 19.1 Å². The summed E-state index contributed by atoms with van der Waals surface area (Å²) in [7, 11) is 1.59. The maximum atomic E-state index is 13.9. The second-order valence-electron chi connectivity index (χ2n) is 9.96. The molecular weight excluding hydrogens is 542 g/mol. The summed E-state index contributed by atoms with van der Waals surface area (Å²) in [4.78, 5) is 29.8. The van der Waals surface area contributed by atoms with Gasteiger partial charge in [-0.15, -0.1) is 0 Å². The number of methoxy groups -OCH3 is 1. The normalized spacial score (nSPS) is 13.7. The number of carbonyl (C=O) groups is 2. The van der Waals surface area contributed by atoms with Crippen molar-refractivity contribution in [1.82, 2.24) is 9.78 Å². The molecule has 1 aliphatic heterocycles. The van der Waals surface area contributed by atoms with Gasteiger partial charge in [-0.25, -0.2) is 14.3 Å². The van der Waals surface area contributed by atoms with Gasteiger partial charge in [0.15, 0.2) is 0 Å². The molecule has 8 heteroatoms. The molecule has 0 spiro atoms. The van der Waals surface area contributed by atoms with Crippen molar-refractivity contribution in [2.75, 3.05) is 25.2 Å². The Labute approximate surface area is 251 Å². The molecule has 4 aromatic rings. The van der Waals surface area contributed by atoms with E-state index in [1.54, 1.807) is 25.6 Å². The molecule has 0 fully saturated rings. The predicted molar refractivity (Wildman–Crippen MR) is 166 cm³/mol. The Morgan fingerprint density at radius 3 is 1.86 bits per heavy atom. The number of para-hydroxylation sites is 3. The quantitative estimate of drug-likeness (QED) is 0.202. The number of hydrogen-bond donors (Lipinski definition) is 0. The van der Waals surface area contributed by atoms with Gasteiger partial charge in [0.2, 0.25) is 0 Å². The van der Waals surface area contributed by atoms with Crippen LogP contribution in [0.15, 0.2) is 114 Å². The Balaban J connectivity index is 1.85. The number of nitrogens with zero attached hydrogens (tertiary/aromatic N) is 3. The van der Waals surface area contributed by atoms with Crippen LogP contribution < -0.4 is 9.64 Å². The molecule has 1 aromatic heterocycles. The SMILES string of the molecule is CCOC(=O)C1=C(C)N(c2ccccc2OC)C(C)=C(C(=O)OCC)C1c1cn(-c2ccccc2)nc1-c1ccccc1. The van der Waals surface area contributed by atoms with Crippen LogP contribution in [0, 0.1) is 0 Å². The van der Waals surface area contributed by atoms with Gasteiger partial charge in [-0.1, -0.05) is 60.7 Å². The molecule has 43 heavy (non-hydrogen) atoms. The summed E-state index contributed by atoms with van der Waals surface area (Å²) in [6.45, 7) is 7.59. The zero-order valence-electron chi connectivity index (χ0n) is 25.0. The highest BCUT2D eigenvalue weighted by atomic mass is 16.5. The highest BCUT2D eigenvalue weighted by molar-refractivity contribution is 6.02. The van der Waals surface area contributed by atoms with Gasteiger partial charge in [0.05, 0.1) is 54.5 Å². The molecule has 0 saturated carbocycles. The molecule has 8 nitrogen and oxygen atoms in total. The van der Waals surface area contributed by atoms with Gasteiger partial charge in [0, 0.05) is 28.7 Å². The van der Waals surface area contributed by atoms with Crippen molar-refractivity contribution >= 4 is 17.6 Å². The largest absolute Gasteiger partial charge is 0.495 e. The van der Waals surface area contributed by atoms with Crippen LogP contribution in [0.25, 0.3) is 16.9 Å². The molecule has 3 aromatic carbocycles. The molecular formula is C35H35N3O5. The minimum atomic E-state index is -0.822. The number of rotatable bonds is 9. The van der Waals surface area contributed by atoms with Crippen LogP contribution in [0.1, 0.15) is 39.2 Å². The smallest absolute Gasteiger partial charge is 0.336 e. The van der Waals surface area contributed by atoms with Crippen molar-refractivity contribution in [2.45, 2.75) is 33.6 Å². The number of ether oxygens (including phenoxy) is 3. The zero-order valence-corrected chi connectivity index (χ0v) is 25.0. The fourth-order valence-corrected chi connectivity index (χ4v) is 5.62. The van der Waals surface area contributed by atoms with Crippen LogP contribution in [0.4, 0.5) is 5.69 Å². The molecule has 0 atom stereocenters. The molecule has 0 bridgehead atoms.